The maximum absolute atomic E-state index is 12.7. The third-order valence-electron chi connectivity index (χ3n) is 3.83. The fourth-order valence-corrected chi connectivity index (χ4v) is 4.47. The zero-order valence-corrected chi connectivity index (χ0v) is 18.2. The Hall–Kier alpha value is -1.77. The molecule has 148 valence electrons. The van der Waals surface area contributed by atoms with Gasteiger partial charge in [0.05, 0.1) is 29.7 Å². The fourth-order valence-electron chi connectivity index (χ4n) is 2.52. The lowest BCUT2D eigenvalue weighted by molar-refractivity contribution is 0.287. The lowest BCUT2D eigenvalue weighted by Crippen LogP contribution is -2.27. The molecule has 1 N–H and O–H groups in total. The number of benzene rings is 2. The Kier molecular flexibility index (Phi) is 7.52. The number of sulfonamides is 1. The molecule has 0 spiro atoms. The molecule has 0 fully saturated rings. The van der Waals surface area contributed by atoms with E-state index in [1.165, 1.54) is 19.2 Å². The zero-order chi connectivity index (χ0) is 20.0. The molecule has 0 aliphatic heterocycles. The van der Waals surface area contributed by atoms with Gasteiger partial charge in [-0.3, -0.25) is 0 Å². The van der Waals surface area contributed by atoms with Gasteiger partial charge in [-0.05, 0) is 72.6 Å². The van der Waals surface area contributed by atoms with Gasteiger partial charge in [-0.2, -0.15) is 0 Å². The minimum atomic E-state index is -3.71. The number of halogens is 1. The standard InChI is InChI=1S/C19H24BrNO5S/c1-5-25-18-9-7-14(11-19(18)26-6-2)13(3)21-27(22,23)15-8-10-17(24-4)16(20)12-15/h7-13,21H,5-6H2,1-4H3. The topological polar surface area (TPSA) is 73.9 Å². The molecule has 0 saturated heterocycles. The first-order valence-corrected chi connectivity index (χ1v) is 10.8. The molecule has 0 heterocycles. The minimum absolute atomic E-state index is 0.151. The summed E-state index contributed by atoms with van der Waals surface area (Å²) in [7, 11) is -2.18. The summed E-state index contributed by atoms with van der Waals surface area (Å²) in [6, 6.07) is 9.58. The molecule has 0 bridgehead atoms. The third kappa shape index (κ3) is 5.37. The average Bonchev–Trinajstić information content (AvgIpc) is 2.63. The second-order valence-corrected chi connectivity index (χ2v) is 8.28. The Morgan fingerprint density at radius 3 is 2.22 bits per heavy atom. The van der Waals surface area contributed by atoms with Crippen LogP contribution in [0.4, 0.5) is 0 Å². The summed E-state index contributed by atoms with van der Waals surface area (Å²) in [6.07, 6.45) is 0. The summed E-state index contributed by atoms with van der Waals surface area (Å²) < 4.78 is 45.0. The van der Waals surface area contributed by atoms with Gasteiger partial charge in [0.25, 0.3) is 0 Å². The Morgan fingerprint density at radius 1 is 1.00 bits per heavy atom. The molecule has 0 amide bonds. The van der Waals surface area contributed by atoms with Crippen molar-refractivity contribution in [3.8, 4) is 17.2 Å². The van der Waals surface area contributed by atoms with E-state index in [0.717, 1.165) is 5.56 Å². The van der Waals surface area contributed by atoms with E-state index in [-0.39, 0.29) is 4.90 Å². The van der Waals surface area contributed by atoms with Crippen molar-refractivity contribution in [2.24, 2.45) is 0 Å². The number of methoxy groups -OCH3 is 1. The molecule has 2 aromatic rings. The Bertz CT molecular complexity index is 886. The van der Waals surface area contributed by atoms with Crippen LogP contribution in [0.15, 0.2) is 45.8 Å². The maximum atomic E-state index is 12.7. The smallest absolute Gasteiger partial charge is 0.241 e. The number of ether oxygens (including phenoxy) is 3. The van der Waals surface area contributed by atoms with Crippen LogP contribution in [0.3, 0.4) is 0 Å². The van der Waals surface area contributed by atoms with Crippen LogP contribution >= 0.6 is 15.9 Å². The van der Waals surface area contributed by atoms with Gasteiger partial charge in [-0.1, -0.05) is 6.07 Å². The van der Waals surface area contributed by atoms with E-state index in [1.807, 2.05) is 19.9 Å². The van der Waals surface area contributed by atoms with Crippen molar-refractivity contribution < 1.29 is 22.6 Å². The Morgan fingerprint density at radius 2 is 1.63 bits per heavy atom. The van der Waals surface area contributed by atoms with Gasteiger partial charge in [0.1, 0.15) is 5.75 Å². The lowest BCUT2D eigenvalue weighted by Gasteiger charge is -2.18. The van der Waals surface area contributed by atoms with Crippen LogP contribution in [0.2, 0.25) is 0 Å². The summed E-state index contributed by atoms with van der Waals surface area (Å²) in [5.41, 5.74) is 0.776. The quantitative estimate of drug-likeness (QED) is 0.607. The molecule has 0 aliphatic rings. The first kappa shape index (κ1) is 21.5. The van der Waals surface area contributed by atoms with Gasteiger partial charge in [0.2, 0.25) is 10.0 Å². The lowest BCUT2D eigenvalue weighted by atomic mass is 10.1. The second-order valence-electron chi connectivity index (χ2n) is 5.71. The highest BCUT2D eigenvalue weighted by Crippen LogP contribution is 2.32. The van der Waals surface area contributed by atoms with Gasteiger partial charge in [-0.15, -0.1) is 0 Å². The molecule has 1 atom stereocenters. The molecular formula is C19H24BrNO5S. The summed E-state index contributed by atoms with van der Waals surface area (Å²) in [5.74, 6) is 1.79. The van der Waals surface area contributed by atoms with E-state index in [0.29, 0.717) is 34.9 Å². The van der Waals surface area contributed by atoms with Crippen molar-refractivity contribution >= 4 is 26.0 Å². The van der Waals surface area contributed by atoms with Crippen molar-refractivity contribution in [2.45, 2.75) is 31.7 Å². The summed E-state index contributed by atoms with van der Waals surface area (Å²) >= 11 is 3.31. The molecule has 0 saturated carbocycles. The number of nitrogens with one attached hydrogen (secondary N) is 1. The largest absolute Gasteiger partial charge is 0.496 e. The molecule has 8 heteroatoms. The third-order valence-corrected chi connectivity index (χ3v) is 5.99. The molecular weight excluding hydrogens is 434 g/mol. The van der Waals surface area contributed by atoms with E-state index < -0.39 is 16.1 Å². The van der Waals surface area contributed by atoms with Crippen molar-refractivity contribution in [3.63, 3.8) is 0 Å². The molecule has 2 rings (SSSR count). The Labute approximate surface area is 169 Å². The van der Waals surface area contributed by atoms with Crippen molar-refractivity contribution in [1.82, 2.24) is 4.72 Å². The van der Waals surface area contributed by atoms with E-state index in [9.17, 15) is 8.42 Å². The predicted octanol–water partition coefficient (Wildman–Crippen LogP) is 4.29. The molecule has 0 aromatic heterocycles. The van der Waals surface area contributed by atoms with Crippen LogP contribution in [0, 0.1) is 0 Å². The van der Waals surface area contributed by atoms with Gasteiger partial charge >= 0.3 is 0 Å². The average molecular weight is 458 g/mol. The minimum Gasteiger partial charge on any atom is -0.496 e. The first-order valence-electron chi connectivity index (χ1n) is 8.57. The van der Waals surface area contributed by atoms with E-state index >= 15 is 0 Å². The highest BCUT2D eigenvalue weighted by atomic mass is 79.9. The Balaban J connectivity index is 2.26. The predicted molar refractivity (Wildman–Crippen MR) is 108 cm³/mol. The van der Waals surface area contributed by atoms with Crippen molar-refractivity contribution in [3.05, 3.63) is 46.4 Å². The van der Waals surface area contributed by atoms with Crippen LogP contribution in [0.5, 0.6) is 17.2 Å². The highest BCUT2D eigenvalue weighted by Gasteiger charge is 2.20. The van der Waals surface area contributed by atoms with E-state index in [1.54, 1.807) is 25.1 Å². The van der Waals surface area contributed by atoms with Gasteiger partial charge in [0, 0.05) is 6.04 Å². The van der Waals surface area contributed by atoms with Gasteiger partial charge in [0.15, 0.2) is 11.5 Å². The molecule has 1 unspecified atom stereocenters. The number of hydrogen-bond donors (Lipinski definition) is 1. The van der Waals surface area contributed by atoms with E-state index in [2.05, 4.69) is 20.7 Å². The number of hydrogen-bond acceptors (Lipinski definition) is 5. The number of rotatable bonds is 9. The zero-order valence-electron chi connectivity index (χ0n) is 15.8. The van der Waals surface area contributed by atoms with E-state index in [4.69, 9.17) is 14.2 Å². The van der Waals surface area contributed by atoms with Crippen molar-refractivity contribution in [1.29, 1.82) is 0 Å². The normalized spacial score (nSPS) is 12.5. The van der Waals surface area contributed by atoms with Crippen LogP contribution in [-0.2, 0) is 10.0 Å². The van der Waals surface area contributed by atoms with Crippen LogP contribution in [0.25, 0.3) is 0 Å². The summed E-state index contributed by atoms with van der Waals surface area (Å²) in [6.45, 7) is 6.57. The van der Waals surface area contributed by atoms with Crippen molar-refractivity contribution in [2.75, 3.05) is 20.3 Å². The second kappa shape index (κ2) is 9.43. The maximum Gasteiger partial charge on any atom is 0.241 e. The monoisotopic (exact) mass is 457 g/mol. The molecule has 27 heavy (non-hydrogen) atoms. The van der Waals surface area contributed by atoms with Gasteiger partial charge < -0.3 is 14.2 Å². The molecule has 6 nitrogen and oxygen atoms in total. The molecule has 0 radical (unpaired) electrons. The van der Waals surface area contributed by atoms with Crippen LogP contribution < -0.4 is 18.9 Å². The summed E-state index contributed by atoms with van der Waals surface area (Å²) in [4.78, 5) is 0.151. The van der Waals surface area contributed by atoms with Gasteiger partial charge in [-0.25, -0.2) is 13.1 Å². The van der Waals surface area contributed by atoms with Crippen LogP contribution in [0.1, 0.15) is 32.4 Å². The molecule has 0 aliphatic carbocycles. The first-order chi connectivity index (χ1) is 12.8. The summed E-state index contributed by atoms with van der Waals surface area (Å²) in [5, 5.41) is 0. The molecule has 2 aromatic carbocycles. The van der Waals surface area contributed by atoms with Crippen LogP contribution in [-0.4, -0.2) is 28.7 Å². The fraction of sp³-hybridized carbons (Fsp3) is 0.368. The highest BCUT2D eigenvalue weighted by molar-refractivity contribution is 9.10. The SMILES string of the molecule is CCOc1ccc(C(C)NS(=O)(=O)c2ccc(OC)c(Br)c2)cc1OCC.